The van der Waals surface area contributed by atoms with Crippen LogP contribution in [0.15, 0.2) is 48.5 Å². The van der Waals surface area contributed by atoms with E-state index in [4.69, 9.17) is 21.1 Å². The first-order valence-electron chi connectivity index (χ1n) is 6.89. The van der Waals surface area contributed by atoms with Crippen molar-refractivity contribution in [3.8, 4) is 11.5 Å². The maximum absolute atomic E-state index is 6.57. The Kier molecular flexibility index (Phi) is 3.83. The van der Waals surface area contributed by atoms with Gasteiger partial charge in [-0.1, -0.05) is 30.3 Å². The third-order valence-electron chi connectivity index (χ3n) is 3.51. The van der Waals surface area contributed by atoms with E-state index in [0.29, 0.717) is 6.61 Å². The largest absolute Gasteiger partial charge is 0.494 e. The summed E-state index contributed by atoms with van der Waals surface area (Å²) in [4.78, 5) is 0. The fourth-order valence-electron chi connectivity index (χ4n) is 2.50. The van der Waals surface area contributed by atoms with Gasteiger partial charge in [-0.05, 0) is 36.2 Å². The molecule has 104 valence electrons. The summed E-state index contributed by atoms with van der Waals surface area (Å²) in [6, 6.07) is 16.0. The van der Waals surface area contributed by atoms with E-state index in [1.165, 1.54) is 5.56 Å². The molecule has 3 heteroatoms. The van der Waals surface area contributed by atoms with Crippen molar-refractivity contribution < 1.29 is 9.47 Å². The van der Waals surface area contributed by atoms with Gasteiger partial charge in [0.15, 0.2) is 0 Å². The van der Waals surface area contributed by atoms with Crippen LogP contribution in [-0.2, 0) is 6.42 Å². The number of fused-ring (bicyclic) bond motifs is 1. The van der Waals surface area contributed by atoms with Crippen LogP contribution in [-0.4, -0.2) is 12.7 Å². The molecule has 3 rings (SSSR count). The molecule has 1 heterocycles. The van der Waals surface area contributed by atoms with E-state index in [9.17, 15) is 0 Å². The van der Waals surface area contributed by atoms with E-state index in [1.807, 2.05) is 49.4 Å². The van der Waals surface area contributed by atoms with Gasteiger partial charge >= 0.3 is 0 Å². The number of hydrogen-bond acceptors (Lipinski definition) is 2. The van der Waals surface area contributed by atoms with Crippen molar-refractivity contribution in [1.29, 1.82) is 0 Å². The summed E-state index contributed by atoms with van der Waals surface area (Å²) in [6.45, 7) is 2.65. The van der Waals surface area contributed by atoms with Crippen molar-refractivity contribution in [1.82, 2.24) is 0 Å². The van der Waals surface area contributed by atoms with E-state index in [-0.39, 0.29) is 11.5 Å². The molecule has 2 aromatic carbocycles. The monoisotopic (exact) mass is 288 g/mol. The Morgan fingerprint density at radius 1 is 1.20 bits per heavy atom. The van der Waals surface area contributed by atoms with Crippen LogP contribution < -0.4 is 9.47 Å². The predicted molar refractivity (Wildman–Crippen MR) is 80.8 cm³/mol. The normalized spacial score (nSPS) is 18.2. The van der Waals surface area contributed by atoms with E-state index in [0.717, 1.165) is 23.5 Å². The third-order valence-corrected chi connectivity index (χ3v) is 4.04. The van der Waals surface area contributed by atoms with Crippen LogP contribution in [0.25, 0.3) is 0 Å². The van der Waals surface area contributed by atoms with Crippen LogP contribution in [0, 0.1) is 0 Å². The highest BCUT2D eigenvalue weighted by Gasteiger charge is 2.29. The first-order chi connectivity index (χ1) is 9.78. The van der Waals surface area contributed by atoms with Crippen molar-refractivity contribution in [3.05, 3.63) is 59.7 Å². The van der Waals surface area contributed by atoms with Crippen molar-refractivity contribution >= 4 is 11.6 Å². The van der Waals surface area contributed by atoms with Gasteiger partial charge in [0.1, 0.15) is 17.6 Å². The highest BCUT2D eigenvalue weighted by Crippen LogP contribution is 2.37. The molecule has 1 aliphatic rings. The smallest absolute Gasteiger partial charge is 0.123 e. The molecule has 0 aliphatic carbocycles. The zero-order chi connectivity index (χ0) is 13.9. The van der Waals surface area contributed by atoms with Gasteiger partial charge in [-0.2, -0.15) is 0 Å². The number of ether oxygens (including phenoxy) is 2. The topological polar surface area (TPSA) is 18.5 Å². The molecule has 20 heavy (non-hydrogen) atoms. The van der Waals surface area contributed by atoms with Crippen LogP contribution in [0.4, 0.5) is 0 Å². The lowest BCUT2D eigenvalue weighted by molar-refractivity contribution is 0.227. The van der Waals surface area contributed by atoms with Gasteiger partial charge in [-0.15, -0.1) is 11.6 Å². The average molecular weight is 289 g/mol. The highest BCUT2D eigenvalue weighted by atomic mass is 35.5. The first kappa shape index (κ1) is 13.3. The van der Waals surface area contributed by atoms with Gasteiger partial charge in [0, 0.05) is 6.42 Å². The average Bonchev–Trinajstić information content (AvgIpc) is 2.91. The Labute approximate surface area is 124 Å². The zero-order valence-corrected chi connectivity index (χ0v) is 12.1. The van der Waals surface area contributed by atoms with Crippen LogP contribution in [0.3, 0.4) is 0 Å². The molecule has 0 saturated heterocycles. The van der Waals surface area contributed by atoms with Crippen LogP contribution in [0.5, 0.6) is 11.5 Å². The molecule has 1 aliphatic heterocycles. The molecule has 0 N–H and O–H groups in total. The second-order valence-corrected chi connectivity index (χ2v) is 5.34. The number of para-hydroxylation sites is 1. The SMILES string of the molecule is CCOc1ccc(C(Cl)C2Cc3ccccc3O2)cc1. The lowest BCUT2D eigenvalue weighted by atomic mass is 10.0. The minimum absolute atomic E-state index is 0.00740. The Hall–Kier alpha value is -1.67. The lowest BCUT2D eigenvalue weighted by Crippen LogP contribution is -2.19. The number of benzene rings is 2. The summed E-state index contributed by atoms with van der Waals surface area (Å²) >= 11 is 6.57. The number of alkyl halides is 1. The fraction of sp³-hybridized carbons (Fsp3) is 0.294. The van der Waals surface area contributed by atoms with Crippen molar-refractivity contribution in [2.45, 2.75) is 24.8 Å². The van der Waals surface area contributed by atoms with Crippen LogP contribution in [0.2, 0.25) is 0 Å². The Morgan fingerprint density at radius 3 is 2.65 bits per heavy atom. The van der Waals surface area contributed by atoms with Crippen LogP contribution in [0.1, 0.15) is 23.4 Å². The van der Waals surface area contributed by atoms with Crippen molar-refractivity contribution in [2.75, 3.05) is 6.61 Å². The summed E-state index contributed by atoms with van der Waals surface area (Å²) < 4.78 is 11.4. The zero-order valence-electron chi connectivity index (χ0n) is 11.4. The summed E-state index contributed by atoms with van der Waals surface area (Å²) in [7, 11) is 0. The fourth-order valence-corrected chi connectivity index (χ4v) is 2.79. The van der Waals surface area contributed by atoms with Gasteiger partial charge in [0.2, 0.25) is 0 Å². The van der Waals surface area contributed by atoms with Crippen molar-refractivity contribution in [2.24, 2.45) is 0 Å². The third kappa shape index (κ3) is 2.61. The summed E-state index contributed by atoms with van der Waals surface area (Å²) in [5.74, 6) is 1.82. The molecule has 0 saturated carbocycles. The molecule has 2 nitrogen and oxygen atoms in total. The van der Waals surface area contributed by atoms with Gasteiger partial charge in [-0.3, -0.25) is 0 Å². The molecule has 0 spiro atoms. The Morgan fingerprint density at radius 2 is 1.95 bits per heavy atom. The summed E-state index contributed by atoms with van der Waals surface area (Å²) in [5.41, 5.74) is 2.29. The number of halogens is 1. The Bertz CT molecular complexity index is 555. The highest BCUT2D eigenvalue weighted by molar-refractivity contribution is 6.21. The van der Waals surface area contributed by atoms with Gasteiger partial charge in [0.05, 0.1) is 12.0 Å². The van der Waals surface area contributed by atoms with E-state index < -0.39 is 0 Å². The molecular weight excluding hydrogens is 272 g/mol. The molecule has 2 aromatic rings. The number of hydrogen-bond donors (Lipinski definition) is 0. The molecular formula is C17H17ClO2. The molecule has 0 radical (unpaired) electrons. The van der Waals surface area contributed by atoms with E-state index in [2.05, 4.69) is 6.07 Å². The van der Waals surface area contributed by atoms with Crippen molar-refractivity contribution in [3.63, 3.8) is 0 Å². The minimum Gasteiger partial charge on any atom is -0.494 e. The predicted octanol–water partition coefficient (Wildman–Crippen LogP) is 4.37. The second-order valence-electron chi connectivity index (χ2n) is 4.87. The van der Waals surface area contributed by atoms with Crippen LogP contribution >= 0.6 is 11.6 Å². The molecule has 2 unspecified atom stereocenters. The summed E-state index contributed by atoms with van der Waals surface area (Å²) in [5, 5.41) is -0.155. The quantitative estimate of drug-likeness (QED) is 0.778. The standard InChI is InChI=1S/C17H17ClO2/c1-2-19-14-9-7-12(8-10-14)17(18)16-11-13-5-3-4-6-15(13)20-16/h3-10,16-17H,2,11H2,1H3. The summed E-state index contributed by atoms with van der Waals surface area (Å²) in [6.07, 6.45) is 0.851. The van der Waals surface area contributed by atoms with E-state index >= 15 is 0 Å². The minimum atomic E-state index is -0.155. The van der Waals surface area contributed by atoms with Gasteiger partial charge in [0.25, 0.3) is 0 Å². The maximum atomic E-state index is 6.57. The molecule has 0 fully saturated rings. The van der Waals surface area contributed by atoms with E-state index in [1.54, 1.807) is 0 Å². The second kappa shape index (κ2) is 5.76. The van der Waals surface area contributed by atoms with Gasteiger partial charge in [-0.25, -0.2) is 0 Å². The lowest BCUT2D eigenvalue weighted by Gasteiger charge is -2.18. The molecule has 0 aromatic heterocycles. The first-order valence-corrected chi connectivity index (χ1v) is 7.33. The molecule has 0 bridgehead atoms. The molecule has 0 amide bonds. The molecule has 2 atom stereocenters. The number of rotatable bonds is 4. The maximum Gasteiger partial charge on any atom is 0.123 e. The Balaban J connectivity index is 1.72. The van der Waals surface area contributed by atoms with Gasteiger partial charge < -0.3 is 9.47 Å².